The van der Waals surface area contributed by atoms with Crippen LogP contribution in [-0.4, -0.2) is 24.9 Å². The molecule has 1 aliphatic heterocycles. The fourth-order valence-corrected chi connectivity index (χ4v) is 3.33. The molecule has 1 heterocycles. The number of ether oxygens (including phenoxy) is 1. The molecule has 0 bridgehead atoms. The Bertz CT molecular complexity index is 294. The second kappa shape index (κ2) is 2.70. The number of benzene rings is 1. The molecule has 0 radical (unpaired) electrons. The topological polar surface area (TPSA) is 9.23 Å². The Balaban J connectivity index is 2.52. The van der Waals surface area contributed by atoms with Crippen LogP contribution >= 0.6 is 10.0 Å². The molecule has 0 fully saturated rings. The van der Waals surface area contributed by atoms with Crippen LogP contribution in [0.3, 0.4) is 0 Å². The molecule has 0 unspecified atom stereocenters. The summed E-state index contributed by atoms with van der Waals surface area (Å²) in [6.45, 7) is 0.888. The van der Waals surface area contributed by atoms with Crippen molar-refractivity contribution in [1.82, 2.24) is 0 Å². The first-order chi connectivity index (χ1) is 5.70. The Labute approximate surface area is 75.1 Å². The Kier molecular flexibility index (Phi) is 1.80. The highest BCUT2D eigenvalue weighted by atomic mass is 32.3. The molecule has 12 heavy (non-hydrogen) atoms. The van der Waals surface area contributed by atoms with Gasteiger partial charge >= 0.3 is 0 Å². The molecule has 0 saturated heterocycles. The Morgan fingerprint density at radius 1 is 1.25 bits per heavy atom. The second-order valence-electron chi connectivity index (χ2n) is 3.54. The molecule has 1 aromatic carbocycles. The van der Waals surface area contributed by atoms with E-state index in [4.69, 9.17) is 4.74 Å². The molecule has 0 aliphatic carbocycles. The summed E-state index contributed by atoms with van der Waals surface area (Å²) < 4.78 is 5.58. The quantitative estimate of drug-likeness (QED) is 0.599. The lowest BCUT2D eigenvalue weighted by atomic mass is 10.3. The normalized spacial score (nSPS) is 22.2. The van der Waals surface area contributed by atoms with E-state index >= 15 is 0 Å². The third-order valence-corrected chi connectivity index (χ3v) is 5.01. The smallest absolute Gasteiger partial charge is 0.131 e. The van der Waals surface area contributed by atoms with Crippen LogP contribution in [0.2, 0.25) is 0 Å². The zero-order valence-electron chi connectivity index (χ0n) is 7.54. The lowest BCUT2D eigenvalue weighted by Gasteiger charge is -2.37. The maximum Gasteiger partial charge on any atom is 0.131 e. The molecular formula is C10H14OS. The van der Waals surface area contributed by atoms with E-state index in [-0.39, 0.29) is 0 Å². The lowest BCUT2D eigenvalue weighted by Crippen LogP contribution is -2.17. The number of hydrogen-bond donors (Lipinski definition) is 0. The lowest BCUT2D eigenvalue weighted by molar-refractivity contribution is 0.328. The van der Waals surface area contributed by atoms with E-state index < -0.39 is 10.0 Å². The van der Waals surface area contributed by atoms with E-state index in [0.717, 1.165) is 12.4 Å². The maximum absolute atomic E-state index is 5.58. The standard InChI is InChI=1S/C10H14OS/c1-12(2)8-7-11-9-5-3-4-6-10(9)12/h3-6H,7-8H2,1-2H3. The van der Waals surface area contributed by atoms with Gasteiger partial charge in [-0.05, 0) is 24.6 Å². The third kappa shape index (κ3) is 1.20. The second-order valence-corrected chi connectivity index (χ2v) is 7.46. The summed E-state index contributed by atoms with van der Waals surface area (Å²) in [4.78, 5) is 1.43. The summed E-state index contributed by atoms with van der Waals surface area (Å²) in [6.07, 6.45) is 4.71. The first-order valence-corrected chi connectivity index (χ1v) is 6.75. The zero-order chi connectivity index (χ0) is 8.60. The molecule has 0 N–H and O–H groups in total. The first-order valence-electron chi connectivity index (χ1n) is 4.13. The van der Waals surface area contributed by atoms with Crippen LogP contribution in [0.1, 0.15) is 0 Å². The molecule has 1 aliphatic rings. The summed E-state index contributed by atoms with van der Waals surface area (Å²) in [5.41, 5.74) is 0. The van der Waals surface area contributed by atoms with Crippen LogP contribution in [0.15, 0.2) is 29.2 Å². The van der Waals surface area contributed by atoms with Crippen molar-refractivity contribution in [3.8, 4) is 5.75 Å². The molecule has 2 heteroatoms. The van der Waals surface area contributed by atoms with E-state index in [1.165, 1.54) is 10.6 Å². The van der Waals surface area contributed by atoms with E-state index in [9.17, 15) is 0 Å². The molecule has 66 valence electrons. The van der Waals surface area contributed by atoms with Crippen molar-refractivity contribution >= 4 is 10.0 Å². The van der Waals surface area contributed by atoms with Crippen LogP contribution < -0.4 is 4.74 Å². The summed E-state index contributed by atoms with van der Waals surface area (Å²) in [5.74, 6) is 2.30. The Morgan fingerprint density at radius 3 is 2.75 bits per heavy atom. The Morgan fingerprint density at radius 2 is 2.00 bits per heavy atom. The average Bonchev–Trinajstić information content (AvgIpc) is 2.04. The van der Waals surface area contributed by atoms with Gasteiger partial charge in [0.1, 0.15) is 5.75 Å². The molecule has 0 saturated carbocycles. The summed E-state index contributed by atoms with van der Waals surface area (Å²) in [6, 6.07) is 8.41. The van der Waals surface area contributed by atoms with Gasteiger partial charge < -0.3 is 4.74 Å². The largest absolute Gasteiger partial charge is 0.492 e. The zero-order valence-corrected chi connectivity index (χ0v) is 8.36. The third-order valence-electron chi connectivity index (χ3n) is 2.30. The Hall–Kier alpha value is -0.630. The fourth-order valence-electron chi connectivity index (χ4n) is 1.50. The van der Waals surface area contributed by atoms with E-state index in [1.54, 1.807) is 0 Å². The van der Waals surface area contributed by atoms with E-state index in [0.29, 0.717) is 0 Å². The molecule has 0 atom stereocenters. The van der Waals surface area contributed by atoms with Crippen molar-refractivity contribution < 1.29 is 4.74 Å². The van der Waals surface area contributed by atoms with E-state index in [1.807, 2.05) is 6.07 Å². The van der Waals surface area contributed by atoms with Crippen molar-refractivity contribution in [3.05, 3.63) is 24.3 Å². The predicted molar refractivity (Wildman–Crippen MR) is 54.5 cm³/mol. The first kappa shape index (κ1) is 7.99. The van der Waals surface area contributed by atoms with Crippen LogP contribution in [0.5, 0.6) is 5.75 Å². The average molecular weight is 182 g/mol. The van der Waals surface area contributed by atoms with Crippen LogP contribution in [0, 0.1) is 0 Å². The number of hydrogen-bond acceptors (Lipinski definition) is 1. The van der Waals surface area contributed by atoms with Gasteiger partial charge in [0, 0.05) is 10.6 Å². The van der Waals surface area contributed by atoms with Crippen molar-refractivity contribution in [3.63, 3.8) is 0 Å². The van der Waals surface area contributed by atoms with Crippen LogP contribution in [-0.2, 0) is 0 Å². The molecule has 0 amide bonds. The maximum atomic E-state index is 5.58. The van der Waals surface area contributed by atoms with Gasteiger partial charge in [0.05, 0.1) is 6.61 Å². The van der Waals surface area contributed by atoms with Crippen molar-refractivity contribution in [1.29, 1.82) is 0 Å². The van der Waals surface area contributed by atoms with Gasteiger partial charge in [-0.25, -0.2) is 10.0 Å². The van der Waals surface area contributed by atoms with Crippen molar-refractivity contribution in [2.75, 3.05) is 24.9 Å². The summed E-state index contributed by atoms with van der Waals surface area (Å²) in [7, 11) is -0.567. The van der Waals surface area contributed by atoms with Gasteiger partial charge in [-0.15, -0.1) is 0 Å². The van der Waals surface area contributed by atoms with Crippen molar-refractivity contribution in [2.45, 2.75) is 4.90 Å². The monoisotopic (exact) mass is 182 g/mol. The molecular weight excluding hydrogens is 168 g/mol. The summed E-state index contributed by atoms with van der Waals surface area (Å²) in [5, 5.41) is 0. The molecule has 0 spiro atoms. The minimum absolute atomic E-state index is 0.567. The molecule has 0 aromatic heterocycles. The van der Waals surface area contributed by atoms with Crippen molar-refractivity contribution in [2.24, 2.45) is 0 Å². The van der Waals surface area contributed by atoms with E-state index in [2.05, 4.69) is 30.7 Å². The SMILES string of the molecule is CS1(C)CCOc2ccccc21. The molecule has 1 nitrogen and oxygen atoms in total. The predicted octanol–water partition coefficient (Wildman–Crippen LogP) is 2.50. The highest BCUT2D eigenvalue weighted by Gasteiger charge is 2.23. The van der Waals surface area contributed by atoms with Crippen LogP contribution in [0.25, 0.3) is 0 Å². The van der Waals surface area contributed by atoms with Gasteiger partial charge in [0.25, 0.3) is 0 Å². The highest BCUT2D eigenvalue weighted by molar-refractivity contribution is 8.32. The molecule has 2 rings (SSSR count). The number of fused-ring (bicyclic) bond motifs is 1. The van der Waals surface area contributed by atoms with Gasteiger partial charge in [-0.2, -0.15) is 0 Å². The van der Waals surface area contributed by atoms with Crippen LogP contribution in [0.4, 0.5) is 0 Å². The van der Waals surface area contributed by atoms with Gasteiger partial charge in [-0.3, -0.25) is 0 Å². The van der Waals surface area contributed by atoms with Gasteiger partial charge in [0.2, 0.25) is 0 Å². The van der Waals surface area contributed by atoms with Gasteiger partial charge in [0.15, 0.2) is 0 Å². The fraction of sp³-hybridized carbons (Fsp3) is 0.400. The summed E-state index contributed by atoms with van der Waals surface area (Å²) >= 11 is 0. The minimum atomic E-state index is -0.567. The number of para-hydroxylation sites is 1. The molecule has 1 aromatic rings. The minimum Gasteiger partial charge on any atom is -0.492 e. The van der Waals surface area contributed by atoms with Gasteiger partial charge in [-0.1, -0.05) is 12.1 Å². The highest BCUT2D eigenvalue weighted by Crippen LogP contribution is 2.54. The number of rotatable bonds is 0.